The van der Waals surface area contributed by atoms with Crippen LogP contribution in [0, 0.1) is 5.92 Å². The molecule has 1 fully saturated rings. The van der Waals surface area contributed by atoms with E-state index in [2.05, 4.69) is 4.90 Å². The van der Waals surface area contributed by atoms with Crippen LogP contribution in [0.25, 0.3) is 0 Å². The number of ether oxygens (including phenoxy) is 1. The number of hydrogen-bond donors (Lipinski definition) is 1. The van der Waals surface area contributed by atoms with E-state index in [0.717, 1.165) is 25.9 Å². The van der Waals surface area contributed by atoms with Crippen LogP contribution in [0.4, 0.5) is 0 Å². The van der Waals surface area contributed by atoms with Crippen LogP contribution in [0.1, 0.15) is 29.0 Å². The number of aliphatic hydroxyl groups excluding tert-OH is 1. The van der Waals surface area contributed by atoms with Gasteiger partial charge in [0.1, 0.15) is 11.3 Å². The molecule has 100 valence electrons. The summed E-state index contributed by atoms with van der Waals surface area (Å²) in [5, 5.41) is 9.19. The first-order valence-corrected chi connectivity index (χ1v) is 6.22. The highest BCUT2D eigenvalue weighted by Gasteiger charge is 2.22. The van der Waals surface area contributed by atoms with Gasteiger partial charge in [-0.1, -0.05) is 0 Å². The fourth-order valence-corrected chi connectivity index (χ4v) is 2.40. The Kier molecular flexibility index (Phi) is 4.38. The number of carbonyl (C=O) groups is 1. The second kappa shape index (κ2) is 6.02. The fraction of sp³-hybridized carbons (Fsp3) is 0.615. The Labute approximate surface area is 106 Å². The van der Waals surface area contributed by atoms with Crippen molar-refractivity contribution in [3.63, 3.8) is 0 Å². The van der Waals surface area contributed by atoms with Gasteiger partial charge in [-0.15, -0.1) is 0 Å². The number of esters is 1. The van der Waals surface area contributed by atoms with Crippen molar-refractivity contribution in [3.05, 3.63) is 23.7 Å². The first-order chi connectivity index (χ1) is 8.74. The second-order valence-electron chi connectivity index (χ2n) is 4.67. The predicted molar refractivity (Wildman–Crippen MR) is 65.1 cm³/mol. The predicted octanol–water partition coefficient (Wildman–Crippen LogP) is 1.27. The Hall–Kier alpha value is -1.33. The molecule has 1 aliphatic heterocycles. The molecule has 5 heteroatoms. The summed E-state index contributed by atoms with van der Waals surface area (Å²) in [5.41, 5.74) is 0.489. The van der Waals surface area contributed by atoms with Crippen LogP contribution in [-0.2, 0) is 11.3 Å². The van der Waals surface area contributed by atoms with Crippen molar-refractivity contribution in [2.24, 2.45) is 5.92 Å². The molecule has 0 bridgehead atoms. The van der Waals surface area contributed by atoms with Gasteiger partial charge in [0.25, 0.3) is 0 Å². The standard InChI is InChI=1S/C13H19NO4/c1-17-13(16)11-4-6-18-12(11)8-14-5-2-3-10(7-14)9-15/h4,6,10,15H,2-3,5,7-9H2,1H3/t10-/m1/s1. The van der Waals surface area contributed by atoms with Crippen LogP contribution in [-0.4, -0.2) is 42.8 Å². The second-order valence-corrected chi connectivity index (χ2v) is 4.67. The minimum atomic E-state index is -0.366. The van der Waals surface area contributed by atoms with Gasteiger partial charge in [-0.3, -0.25) is 4.90 Å². The zero-order valence-corrected chi connectivity index (χ0v) is 10.6. The number of rotatable bonds is 4. The summed E-state index contributed by atoms with van der Waals surface area (Å²) < 4.78 is 10.1. The molecule has 1 N–H and O–H groups in total. The van der Waals surface area contributed by atoms with Crippen molar-refractivity contribution in [2.75, 3.05) is 26.8 Å². The molecule has 0 aliphatic carbocycles. The highest BCUT2D eigenvalue weighted by molar-refractivity contribution is 5.90. The molecule has 1 atom stereocenters. The van der Waals surface area contributed by atoms with Gasteiger partial charge in [0.15, 0.2) is 0 Å². The third kappa shape index (κ3) is 2.91. The van der Waals surface area contributed by atoms with Gasteiger partial charge in [-0.05, 0) is 31.4 Å². The van der Waals surface area contributed by atoms with Gasteiger partial charge in [-0.25, -0.2) is 4.79 Å². The molecule has 1 aromatic rings. The number of furan rings is 1. The highest BCUT2D eigenvalue weighted by Crippen LogP contribution is 2.20. The van der Waals surface area contributed by atoms with Gasteiger partial charge in [-0.2, -0.15) is 0 Å². The van der Waals surface area contributed by atoms with Crippen molar-refractivity contribution in [1.29, 1.82) is 0 Å². The van der Waals surface area contributed by atoms with E-state index < -0.39 is 0 Å². The summed E-state index contributed by atoms with van der Waals surface area (Å²) in [5.74, 6) is 0.602. The number of likely N-dealkylation sites (tertiary alicyclic amines) is 1. The summed E-state index contributed by atoms with van der Waals surface area (Å²) >= 11 is 0. The molecule has 0 spiro atoms. The van der Waals surface area contributed by atoms with E-state index in [4.69, 9.17) is 9.15 Å². The number of hydrogen-bond acceptors (Lipinski definition) is 5. The van der Waals surface area contributed by atoms with Crippen molar-refractivity contribution in [1.82, 2.24) is 4.90 Å². The molecule has 1 aromatic heterocycles. The molecule has 2 heterocycles. The Morgan fingerprint density at radius 1 is 1.67 bits per heavy atom. The zero-order valence-electron chi connectivity index (χ0n) is 10.6. The van der Waals surface area contributed by atoms with Crippen LogP contribution in [0.15, 0.2) is 16.7 Å². The van der Waals surface area contributed by atoms with Crippen molar-refractivity contribution in [2.45, 2.75) is 19.4 Å². The molecule has 1 aliphatic rings. The van der Waals surface area contributed by atoms with Crippen molar-refractivity contribution in [3.8, 4) is 0 Å². The van der Waals surface area contributed by atoms with E-state index in [-0.39, 0.29) is 12.6 Å². The Bertz CT molecular complexity index is 401. The van der Waals surface area contributed by atoms with E-state index in [1.807, 2.05) is 0 Å². The number of aliphatic hydroxyl groups is 1. The van der Waals surface area contributed by atoms with Crippen LogP contribution in [0.3, 0.4) is 0 Å². The van der Waals surface area contributed by atoms with Gasteiger partial charge in [0.2, 0.25) is 0 Å². The van der Waals surface area contributed by atoms with Crippen molar-refractivity contribution >= 4 is 5.97 Å². The minimum absolute atomic E-state index is 0.221. The molecule has 0 aromatic carbocycles. The minimum Gasteiger partial charge on any atom is -0.467 e. The third-order valence-corrected chi connectivity index (χ3v) is 3.38. The number of nitrogens with zero attached hydrogens (tertiary/aromatic N) is 1. The summed E-state index contributed by atoms with van der Waals surface area (Å²) in [6.07, 6.45) is 3.64. The molecule has 5 nitrogen and oxygen atoms in total. The number of methoxy groups -OCH3 is 1. The summed E-state index contributed by atoms with van der Waals surface area (Å²) in [6, 6.07) is 1.63. The first-order valence-electron chi connectivity index (χ1n) is 6.22. The zero-order chi connectivity index (χ0) is 13.0. The van der Waals surface area contributed by atoms with Crippen LogP contribution in [0.2, 0.25) is 0 Å². The van der Waals surface area contributed by atoms with Crippen molar-refractivity contribution < 1.29 is 19.1 Å². The van der Waals surface area contributed by atoms with Gasteiger partial charge >= 0.3 is 5.97 Å². The molecule has 18 heavy (non-hydrogen) atoms. The van der Waals surface area contributed by atoms with E-state index in [1.165, 1.54) is 13.4 Å². The lowest BCUT2D eigenvalue weighted by atomic mass is 9.99. The maximum atomic E-state index is 11.5. The van der Waals surface area contributed by atoms with Crippen LogP contribution in [0.5, 0.6) is 0 Å². The lowest BCUT2D eigenvalue weighted by Gasteiger charge is -2.31. The van der Waals surface area contributed by atoms with Gasteiger partial charge in [0.05, 0.1) is 19.9 Å². The molecule has 0 amide bonds. The van der Waals surface area contributed by atoms with Crippen LogP contribution >= 0.6 is 0 Å². The Balaban J connectivity index is 2.00. The molecule has 2 rings (SSSR count). The summed E-state index contributed by atoms with van der Waals surface area (Å²) in [4.78, 5) is 13.7. The molecule has 0 radical (unpaired) electrons. The van der Waals surface area contributed by atoms with Gasteiger partial charge in [0, 0.05) is 13.2 Å². The average molecular weight is 253 g/mol. The van der Waals surface area contributed by atoms with E-state index in [9.17, 15) is 9.90 Å². The molecule has 0 unspecified atom stereocenters. The summed E-state index contributed by atoms with van der Waals surface area (Å²) in [7, 11) is 1.36. The third-order valence-electron chi connectivity index (χ3n) is 3.38. The SMILES string of the molecule is COC(=O)c1ccoc1CN1CCC[C@@H](CO)C1. The topological polar surface area (TPSA) is 62.9 Å². The average Bonchev–Trinajstić information content (AvgIpc) is 2.86. The number of piperidine rings is 1. The first kappa shape index (κ1) is 13.1. The quantitative estimate of drug-likeness (QED) is 0.819. The monoisotopic (exact) mass is 253 g/mol. The smallest absolute Gasteiger partial charge is 0.341 e. The van der Waals surface area contributed by atoms with E-state index >= 15 is 0 Å². The molecular weight excluding hydrogens is 234 g/mol. The highest BCUT2D eigenvalue weighted by atomic mass is 16.5. The largest absolute Gasteiger partial charge is 0.467 e. The maximum absolute atomic E-state index is 11.5. The Morgan fingerprint density at radius 3 is 3.22 bits per heavy atom. The number of carbonyl (C=O) groups excluding carboxylic acids is 1. The molecular formula is C13H19NO4. The molecule has 0 saturated carbocycles. The Morgan fingerprint density at radius 2 is 2.50 bits per heavy atom. The maximum Gasteiger partial charge on any atom is 0.341 e. The normalized spacial score (nSPS) is 20.9. The molecule has 1 saturated heterocycles. The fourth-order valence-electron chi connectivity index (χ4n) is 2.40. The lowest BCUT2D eigenvalue weighted by molar-refractivity contribution is 0.0593. The van der Waals surface area contributed by atoms with E-state index in [1.54, 1.807) is 6.07 Å². The summed E-state index contributed by atoms with van der Waals surface area (Å²) in [6.45, 7) is 2.63. The lowest BCUT2D eigenvalue weighted by Crippen LogP contribution is -2.36. The van der Waals surface area contributed by atoms with Crippen LogP contribution < -0.4 is 0 Å². The van der Waals surface area contributed by atoms with Gasteiger partial charge < -0.3 is 14.3 Å². The van der Waals surface area contributed by atoms with E-state index in [0.29, 0.717) is 23.8 Å².